The summed E-state index contributed by atoms with van der Waals surface area (Å²) in [6.45, 7) is 3.72. The number of para-hydroxylation sites is 1. The summed E-state index contributed by atoms with van der Waals surface area (Å²) in [5.41, 5.74) is 7.75. The average Bonchev–Trinajstić information content (AvgIpc) is 3.03. The van der Waals surface area contributed by atoms with Gasteiger partial charge in [-0.05, 0) is 37.6 Å². The van der Waals surface area contributed by atoms with Gasteiger partial charge in [-0.15, -0.1) is 11.8 Å². The Balaban J connectivity index is 1.42. The second kappa shape index (κ2) is 9.29. The van der Waals surface area contributed by atoms with Crippen LogP contribution in [0.1, 0.15) is 21.7 Å². The molecule has 2 aromatic carbocycles. The maximum Gasteiger partial charge on any atom is 0.305 e. The molecule has 3 rings (SSSR count). The molecule has 1 heterocycles. The number of thioether (sulfide) groups is 1. The number of carbonyl (C=O) groups excluding carboxylic acids is 3. The second-order valence-electron chi connectivity index (χ2n) is 6.47. The van der Waals surface area contributed by atoms with Crippen molar-refractivity contribution in [1.82, 2.24) is 10.9 Å². The lowest BCUT2D eigenvalue weighted by atomic mass is 10.1. The van der Waals surface area contributed by atoms with Crippen molar-refractivity contribution in [2.75, 3.05) is 16.8 Å². The lowest BCUT2D eigenvalue weighted by Crippen LogP contribution is -2.42. The summed E-state index contributed by atoms with van der Waals surface area (Å²) in [7, 11) is 0. The Morgan fingerprint density at radius 2 is 1.69 bits per heavy atom. The first-order valence-electron chi connectivity index (χ1n) is 8.95. The molecular formula is C21H21N3O4S. The standard InChI is InChI=1S/C21H21N3O4S/c1-13-6-5-7-15(10-13)22-18(25)11-29-12-19(26)23-24-21(27)20-14(2)16-8-3-4-9-17(16)28-20/h3-10H,11-12H2,1-2H3,(H,22,25)(H,23,26)(H,24,27). The maximum atomic E-state index is 12.3. The van der Waals surface area contributed by atoms with Crippen LogP contribution in [0.3, 0.4) is 0 Å². The molecule has 0 unspecified atom stereocenters. The summed E-state index contributed by atoms with van der Waals surface area (Å²) >= 11 is 1.15. The number of fused-ring (bicyclic) bond motifs is 1. The number of hydrazine groups is 1. The molecular weight excluding hydrogens is 390 g/mol. The highest BCUT2D eigenvalue weighted by molar-refractivity contribution is 8.00. The molecule has 0 saturated carbocycles. The fourth-order valence-corrected chi connectivity index (χ4v) is 3.38. The summed E-state index contributed by atoms with van der Waals surface area (Å²) in [4.78, 5) is 36.1. The average molecular weight is 411 g/mol. The van der Waals surface area contributed by atoms with E-state index < -0.39 is 11.8 Å². The van der Waals surface area contributed by atoms with E-state index in [0.717, 1.165) is 22.7 Å². The van der Waals surface area contributed by atoms with Crippen LogP contribution in [-0.2, 0) is 9.59 Å². The van der Waals surface area contributed by atoms with Crippen LogP contribution in [0, 0.1) is 13.8 Å². The summed E-state index contributed by atoms with van der Waals surface area (Å²) in [5, 5.41) is 3.62. The van der Waals surface area contributed by atoms with Gasteiger partial charge in [0.15, 0.2) is 5.76 Å². The molecule has 0 radical (unpaired) electrons. The number of furan rings is 1. The predicted molar refractivity (Wildman–Crippen MR) is 114 cm³/mol. The highest BCUT2D eigenvalue weighted by Gasteiger charge is 2.17. The van der Waals surface area contributed by atoms with Gasteiger partial charge in [0.2, 0.25) is 11.8 Å². The van der Waals surface area contributed by atoms with Crippen LogP contribution < -0.4 is 16.2 Å². The Labute approximate surface area is 172 Å². The van der Waals surface area contributed by atoms with Crippen molar-refractivity contribution in [3.05, 3.63) is 65.4 Å². The molecule has 0 bridgehead atoms. The summed E-state index contributed by atoms with van der Waals surface area (Å²) in [5.74, 6) is -0.847. The molecule has 0 aliphatic carbocycles. The van der Waals surface area contributed by atoms with Crippen LogP contribution in [0.2, 0.25) is 0 Å². The van der Waals surface area contributed by atoms with Crippen LogP contribution in [0.4, 0.5) is 5.69 Å². The summed E-state index contributed by atoms with van der Waals surface area (Å²) in [6.07, 6.45) is 0. The van der Waals surface area contributed by atoms with Gasteiger partial charge in [-0.2, -0.15) is 0 Å². The Hall–Kier alpha value is -3.26. The first-order valence-corrected chi connectivity index (χ1v) is 10.1. The number of benzene rings is 2. The molecule has 0 fully saturated rings. The fraction of sp³-hybridized carbons (Fsp3) is 0.190. The van der Waals surface area contributed by atoms with Crippen LogP contribution >= 0.6 is 11.8 Å². The molecule has 0 atom stereocenters. The Morgan fingerprint density at radius 1 is 0.931 bits per heavy atom. The molecule has 29 heavy (non-hydrogen) atoms. The van der Waals surface area contributed by atoms with E-state index in [1.54, 1.807) is 19.1 Å². The van der Waals surface area contributed by atoms with Crippen molar-refractivity contribution in [1.29, 1.82) is 0 Å². The van der Waals surface area contributed by atoms with Crippen LogP contribution in [0.15, 0.2) is 52.9 Å². The molecule has 0 saturated heterocycles. The number of anilines is 1. The zero-order chi connectivity index (χ0) is 20.8. The van der Waals surface area contributed by atoms with E-state index in [9.17, 15) is 14.4 Å². The molecule has 0 aliphatic heterocycles. The zero-order valence-corrected chi connectivity index (χ0v) is 16.9. The minimum absolute atomic E-state index is 0.0284. The topological polar surface area (TPSA) is 100 Å². The Morgan fingerprint density at radius 3 is 2.45 bits per heavy atom. The van der Waals surface area contributed by atoms with Gasteiger partial charge in [0.1, 0.15) is 5.58 Å². The minimum atomic E-state index is -0.533. The number of hydrogen-bond donors (Lipinski definition) is 3. The summed E-state index contributed by atoms with van der Waals surface area (Å²) in [6, 6.07) is 14.8. The van der Waals surface area contributed by atoms with Crippen LogP contribution in [0.25, 0.3) is 11.0 Å². The largest absolute Gasteiger partial charge is 0.451 e. The lowest BCUT2D eigenvalue weighted by molar-refractivity contribution is -0.119. The van der Waals surface area contributed by atoms with Crippen molar-refractivity contribution in [2.45, 2.75) is 13.8 Å². The van der Waals surface area contributed by atoms with Crippen molar-refractivity contribution in [3.63, 3.8) is 0 Å². The van der Waals surface area contributed by atoms with Crippen LogP contribution in [-0.4, -0.2) is 29.2 Å². The van der Waals surface area contributed by atoms with E-state index in [1.165, 1.54) is 0 Å². The van der Waals surface area contributed by atoms with Gasteiger partial charge in [-0.3, -0.25) is 25.2 Å². The predicted octanol–water partition coefficient (Wildman–Crippen LogP) is 3.18. The molecule has 1 aromatic heterocycles. The summed E-state index contributed by atoms with van der Waals surface area (Å²) < 4.78 is 5.55. The van der Waals surface area contributed by atoms with Gasteiger partial charge < -0.3 is 9.73 Å². The number of hydrogen-bond acceptors (Lipinski definition) is 5. The number of nitrogens with one attached hydrogen (secondary N) is 3. The van der Waals surface area contributed by atoms with Gasteiger partial charge >= 0.3 is 5.91 Å². The maximum absolute atomic E-state index is 12.3. The van der Waals surface area contributed by atoms with E-state index in [1.807, 2.05) is 43.3 Å². The third kappa shape index (κ3) is 5.39. The van der Waals surface area contributed by atoms with Crippen LogP contribution in [0.5, 0.6) is 0 Å². The van der Waals surface area contributed by atoms with Crippen molar-refractivity contribution in [3.8, 4) is 0 Å². The minimum Gasteiger partial charge on any atom is -0.451 e. The molecule has 150 valence electrons. The first kappa shape index (κ1) is 20.5. The van der Waals surface area contributed by atoms with Crippen molar-refractivity contribution >= 4 is 46.1 Å². The van der Waals surface area contributed by atoms with E-state index in [4.69, 9.17) is 4.42 Å². The quantitative estimate of drug-likeness (QED) is 0.541. The molecule has 3 amide bonds. The van der Waals surface area contributed by atoms with Gasteiger partial charge in [-0.1, -0.05) is 30.3 Å². The van der Waals surface area contributed by atoms with Crippen molar-refractivity contribution < 1.29 is 18.8 Å². The molecule has 3 aromatic rings. The normalized spacial score (nSPS) is 10.6. The van der Waals surface area contributed by atoms with E-state index in [2.05, 4.69) is 16.2 Å². The van der Waals surface area contributed by atoms with Gasteiger partial charge in [0.25, 0.3) is 0 Å². The highest BCUT2D eigenvalue weighted by Crippen LogP contribution is 2.24. The van der Waals surface area contributed by atoms with E-state index in [-0.39, 0.29) is 23.2 Å². The first-order chi connectivity index (χ1) is 13.9. The second-order valence-corrected chi connectivity index (χ2v) is 7.45. The molecule has 0 spiro atoms. The number of aryl methyl sites for hydroxylation is 2. The SMILES string of the molecule is Cc1cccc(NC(=O)CSCC(=O)NNC(=O)c2oc3ccccc3c2C)c1. The highest BCUT2D eigenvalue weighted by atomic mass is 32.2. The van der Waals surface area contributed by atoms with Crippen molar-refractivity contribution in [2.24, 2.45) is 0 Å². The molecule has 7 nitrogen and oxygen atoms in total. The number of rotatable bonds is 6. The molecule has 0 aliphatic rings. The number of carbonyl (C=O) groups is 3. The number of amides is 3. The smallest absolute Gasteiger partial charge is 0.305 e. The monoisotopic (exact) mass is 411 g/mol. The van der Waals surface area contributed by atoms with Gasteiger partial charge in [-0.25, -0.2) is 0 Å². The fourth-order valence-electron chi connectivity index (χ4n) is 2.77. The zero-order valence-electron chi connectivity index (χ0n) is 16.1. The third-order valence-corrected chi connectivity index (χ3v) is 5.07. The third-order valence-electron chi connectivity index (χ3n) is 4.13. The molecule has 3 N–H and O–H groups in total. The van der Waals surface area contributed by atoms with E-state index >= 15 is 0 Å². The Kier molecular flexibility index (Phi) is 6.56. The Bertz CT molecular complexity index is 1060. The van der Waals surface area contributed by atoms with Gasteiger partial charge in [0.05, 0.1) is 11.5 Å². The lowest BCUT2D eigenvalue weighted by Gasteiger charge is -2.07. The van der Waals surface area contributed by atoms with Gasteiger partial charge in [0, 0.05) is 16.6 Å². The van der Waals surface area contributed by atoms with E-state index in [0.29, 0.717) is 16.8 Å². The molecule has 8 heteroatoms.